The largest absolute Gasteiger partial charge is 0.459 e. The summed E-state index contributed by atoms with van der Waals surface area (Å²) in [6, 6.07) is -1.18. The molecule has 6 saturated heterocycles. The zero-order valence-corrected chi connectivity index (χ0v) is 75.8. The second-order valence-corrected chi connectivity index (χ2v) is 36.6. The van der Waals surface area contributed by atoms with Gasteiger partial charge in [0.2, 0.25) is 0 Å². The van der Waals surface area contributed by atoms with Gasteiger partial charge in [-0.05, 0) is 149 Å². The zero-order valence-electron chi connectivity index (χ0n) is 75.8. The number of methoxy groups -OCH3 is 4. The molecule has 0 saturated carbocycles. The molecule has 6 aliphatic rings. The van der Waals surface area contributed by atoms with Crippen molar-refractivity contribution >= 4 is 23.4 Å². The van der Waals surface area contributed by atoms with Gasteiger partial charge < -0.3 is 117 Å². The van der Waals surface area contributed by atoms with Crippen molar-refractivity contribution in [2.24, 2.45) is 57.7 Å². The van der Waals surface area contributed by atoms with E-state index in [1.54, 1.807) is 83.5 Å². The maximum atomic E-state index is 15.0. The van der Waals surface area contributed by atoms with Crippen molar-refractivity contribution in [2.75, 3.05) is 68.8 Å². The fourth-order valence-corrected chi connectivity index (χ4v) is 19.1. The highest BCUT2D eigenvalue weighted by atomic mass is 16.7. The van der Waals surface area contributed by atoms with Crippen LogP contribution in [0.25, 0.3) is 0 Å². The Morgan fingerprint density at radius 1 is 0.440 bits per heavy atom. The van der Waals surface area contributed by atoms with Crippen molar-refractivity contribution < 1.29 is 126 Å². The zero-order chi connectivity index (χ0) is 87.2. The lowest BCUT2D eigenvalue weighted by Crippen LogP contribution is -2.62. The smallest absolute Gasteiger partial charge is 0.311 e. The highest BCUT2D eigenvalue weighted by molar-refractivity contribution is 5.89. The Morgan fingerprint density at radius 2 is 0.767 bits per heavy atom. The van der Waals surface area contributed by atoms with Crippen LogP contribution in [0.1, 0.15) is 242 Å². The molecule has 6 heterocycles. The summed E-state index contributed by atoms with van der Waals surface area (Å²) in [7, 11) is 9.96. The third kappa shape index (κ3) is 24.1. The van der Waals surface area contributed by atoms with Crippen molar-refractivity contribution in [1.82, 2.24) is 9.80 Å². The Hall–Kier alpha value is -3.00. The van der Waals surface area contributed by atoms with Crippen molar-refractivity contribution in [3.05, 3.63) is 0 Å². The highest BCUT2D eigenvalue weighted by Gasteiger charge is 2.58. The van der Waals surface area contributed by atoms with E-state index in [9.17, 15) is 40.9 Å². The normalized spacial score (nSPS) is 46.0. The minimum atomic E-state index is -1.99. The molecule has 0 bridgehead atoms. The highest BCUT2D eigenvalue weighted by Crippen LogP contribution is 2.46. The molecule has 36 atom stereocenters. The fourth-order valence-electron chi connectivity index (χ4n) is 19.1. The van der Waals surface area contributed by atoms with Crippen LogP contribution >= 0.6 is 0 Å². The van der Waals surface area contributed by atoms with Crippen LogP contribution in [-0.4, -0.2) is 311 Å². The number of cyclic esters (lactones) is 2. The Bertz CT molecular complexity index is 2840. The predicted octanol–water partition coefficient (Wildman–Crippen LogP) is 8.62. The SMILES string of the molecule is CCCCCO/N=C1/[C@H](C)C[C@@](C)(OC)[C@H](O[C@@H]2O[C@H](C)C[C@H](N(C)CCN(C)[C@H]3C[C@@H](C)O[C@@H](O[C@@H]4[C@@H](C)[C@H](O[C@H]5C[C@@](C)(OC)[C@@H](O)[C@H](C)O5)[C@@H](C)C(=O)O[C@H](CC)[C@@](C)(O)[C@H](O)[C@@H](C)/C(=N\OCCCCC)[C@H](C)C[C@@]4(C)OC)[C@@H]3O)[C@H]2O)[C@@H](C)[C@H](O[C@H]2C[C@@](C)(OC)[C@@H](O)[C@H](C)O2)[C@@H](C)C(=O)O[C@H](CC)[C@@](C)(O)[C@H](O)[C@H]1C. The summed E-state index contributed by atoms with van der Waals surface area (Å²) in [5, 5.41) is 108. The van der Waals surface area contributed by atoms with Crippen molar-refractivity contribution in [2.45, 2.75) is 411 Å². The summed E-state index contributed by atoms with van der Waals surface area (Å²) in [6.07, 6.45) is -15.2. The molecule has 0 radical (unpaired) electrons. The molecule has 0 aromatic rings. The van der Waals surface area contributed by atoms with Crippen molar-refractivity contribution in [3.63, 3.8) is 0 Å². The Balaban J connectivity index is 1.38. The topological polar surface area (TPSA) is 375 Å². The maximum Gasteiger partial charge on any atom is 0.311 e. The Morgan fingerprint density at radius 3 is 1.07 bits per heavy atom. The number of hydrogen-bond acceptors (Lipinski definition) is 30. The molecule has 30 nitrogen and oxygen atoms in total. The van der Waals surface area contributed by atoms with E-state index in [1.807, 2.05) is 79.3 Å². The van der Waals surface area contributed by atoms with E-state index in [0.717, 1.165) is 38.5 Å². The Kier molecular flexibility index (Phi) is 38.7. The number of ether oxygens (including phenoxy) is 14. The van der Waals surface area contributed by atoms with Gasteiger partial charge in [-0.2, -0.15) is 0 Å². The lowest BCUT2D eigenvalue weighted by atomic mass is 9.73. The van der Waals surface area contributed by atoms with E-state index in [2.05, 4.69) is 13.8 Å². The second kappa shape index (κ2) is 44.0. The van der Waals surface area contributed by atoms with Gasteiger partial charge in [-0.25, -0.2) is 0 Å². The van der Waals surface area contributed by atoms with Gasteiger partial charge in [-0.3, -0.25) is 19.4 Å². The summed E-state index contributed by atoms with van der Waals surface area (Å²) in [5.74, 6) is -8.18. The summed E-state index contributed by atoms with van der Waals surface area (Å²) in [5.41, 5.74) is -8.09. The van der Waals surface area contributed by atoms with Gasteiger partial charge in [0, 0.05) is 102 Å². The quantitative estimate of drug-likeness (QED) is 0.0197. The first kappa shape index (κ1) is 102. The van der Waals surface area contributed by atoms with Crippen LogP contribution < -0.4 is 0 Å². The lowest BCUT2D eigenvalue weighted by Gasteiger charge is -2.50. The minimum absolute atomic E-state index is 0.0570. The number of carbonyl (C=O) groups is 2. The summed E-state index contributed by atoms with van der Waals surface area (Å²) in [6.45, 7) is 40.9. The lowest BCUT2D eigenvalue weighted by molar-refractivity contribution is -0.320. The van der Waals surface area contributed by atoms with Crippen LogP contribution in [0.4, 0.5) is 0 Å². The first-order valence-corrected chi connectivity index (χ1v) is 43.4. The Labute approximate surface area is 693 Å². The molecule has 8 N–H and O–H groups in total. The third-order valence-corrected chi connectivity index (χ3v) is 27.2. The average molecular weight is 1660 g/mol. The van der Waals surface area contributed by atoms with Crippen LogP contribution in [0.2, 0.25) is 0 Å². The number of unbranched alkanes of at least 4 members (excludes halogenated alkanes) is 4. The molecule has 6 aliphatic heterocycles. The van der Waals surface area contributed by atoms with Gasteiger partial charge in [0.1, 0.15) is 61.0 Å². The number of aliphatic hydroxyl groups excluding tert-OH is 6. The molecule has 116 heavy (non-hydrogen) atoms. The van der Waals surface area contributed by atoms with E-state index in [1.165, 1.54) is 28.1 Å². The fraction of sp³-hybridized carbons (Fsp3) is 0.953. The van der Waals surface area contributed by atoms with Crippen LogP contribution in [0.5, 0.6) is 0 Å². The molecule has 0 aromatic heterocycles. The van der Waals surface area contributed by atoms with E-state index in [0.29, 0.717) is 50.6 Å². The first-order valence-electron chi connectivity index (χ1n) is 43.4. The third-order valence-electron chi connectivity index (χ3n) is 27.2. The summed E-state index contributed by atoms with van der Waals surface area (Å²) < 4.78 is 92.9. The first-order chi connectivity index (χ1) is 54.2. The van der Waals surface area contributed by atoms with Gasteiger partial charge in [0.25, 0.3) is 0 Å². The van der Waals surface area contributed by atoms with E-state index in [-0.39, 0.29) is 38.5 Å². The standard InChI is InChI=1S/C86H158N4O26/c1-29-33-35-39-105-87-65-47(5)43-83(19,103-27)75(53(11)69(113-63-45-81(17,101-25)73(95)57(15)109-63)55(13)77(97)111-61(31-3)85(21,99)71(93)51(65)9)115-79-67(91)59(41-49(7)107-79)89(23)37-38-90(24)60-42-50(8)108-80(68(60)92)116-76-54(12)70(114-64-46-82(18,102-26)74(96)58(16)110-64)56(14)78(98)112-62(32-4)86(22,100)72(94)52(10)66(88-106-40-36-34-30-2)48(6)44-84(76,20)104-28/h47-64,67-76,79-80,91-96,99-100H,29-46H2,1-28H3/b87-65-,88-66-/t47-,48-,49-,50-,51+,52+,53+,54+,55-,56-,57+,58+,59+,60+,61-,62-,63+,64+,67-,68-,69+,70+,71-,72-,73+,74+,75-,76-,79+,80+,81-,82-,83-,84-,85-,86-/m1/s1. The summed E-state index contributed by atoms with van der Waals surface area (Å²) in [4.78, 5) is 46.2. The monoisotopic (exact) mass is 1660 g/mol. The molecular formula is C86H158N4O26. The van der Waals surface area contributed by atoms with Gasteiger partial charge in [0.05, 0.1) is 107 Å². The molecule has 30 heteroatoms. The molecule has 6 rings (SSSR count). The van der Waals surface area contributed by atoms with Crippen LogP contribution in [0.15, 0.2) is 10.3 Å². The number of oxime groups is 2. The number of nitrogens with zero attached hydrogens (tertiary/aromatic N) is 4. The van der Waals surface area contributed by atoms with Gasteiger partial charge >= 0.3 is 11.9 Å². The molecule has 6 fully saturated rings. The van der Waals surface area contributed by atoms with Crippen LogP contribution in [0.3, 0.4) is 0 Å². The molecule has 0 unspecified atom stereocenters. The number of likely N-dealkylation sites (N-methyl/N-ethyl adjacent to an activating group) is 2. The van der Waals surface area contributed by atoms with Crippen molar-refractivity contribution in [1.29, 1.82) is 0 Å². The minimum Gasteiger partial charge on any atom is -0.459 e. The van der Waals surface area contributed by atoms with Crippen LogP contribution in [-0.2, 0) is 85.6 Å². The number of hydrogen-bond donors (Lipinski definition) is 8. The summed E-state index contributed by atoms with van der Waals surface area (Å²) >= 11 is 0. The predicted molar refractivity (Wildman–Crippen MR) is 436 cm³/mol. The second-order valence-electron chi connectivity index (χ2n) is 36.6. The van der Waals surface area contributed by atoms with Gasteiger partial charge in [-0.15, -0.1) is 0 Å². The molecule has 0 amide bonds. The molecule has 0 aromatic carbocycles. The molecule has 678 valence electrons. The number of carbonyl (C=O) groups excluding carboxylic acids is 2. The van der Waals surface area contributed by atoms with Crippen molar-refractivity contribution in [3.8, 4) is 0 Å². The van der Waals surface area contributed by atoms with Gasteiger partial charge in [0.15, 0.2) is 25.2 Å². The van der Waals surface area contributed by atoms with E-state index >= 15 is 9.59 Å². The van der Waals surface area contributed by atoms with Gasteiger partial charge in [-0.1, -0.05) is 105 Å². The number of rotatable bonds is 29. The average Bonchev–Trinajstić information content (AvgIpc) is 0.770. The number of aliphatic hydroxyl groups is 8. The molecular weight excluding hydrogens is 1500 g/mol. The molecule has 0 aliphatic carbocycles. The van der Waals surface area contributed by atoms with E-state index in [4.69, 9.17) is 86.3 Å². The van der Waals surface area contributed by atoms with E-state index < -0.39 is 228 Å². The number of esters is 2. The molecule has 0 spiro atoms. The maximum absolute atomic E-state index is 15.0. The van der Waals surface area contributed by atoms with Crippen LogP contribution in [0, 0.1) is 47.3 Å².